The summed E-state index contributed by atoms with van der Waals surface area (Å²) in [5, 5.41) is 8.53. The van der Waals surface area contributed by atoms with Gasteiger partial charge in [-0.25, -0.2) is 22.8 Å². The van der Waals surface area contributed by atoms with E-state index >= 15 is 0 Å². The number of anilines is 3. The lowest BCUT2D eigenvalue weighted by atomic mass is 10.3. The van der Waals surface area contributed by atoms with Crippen LogP contribution in [0.1, 0.15) is 5.69 Å². The molecule has 2 aromatic carbocycles. The van der Waals surface area contributed by atoms with Gasteiger partial charge in [-0.15, -0.1) is 11.3 Å². The zero-order chi connectivity index (χ0) is 21.3. The smallest absolute Gasteiger partial charge is 0.232 e. The molecule has 0 aliphatic carbocycles. The van der Waals surface area contributed by atoms with Crippen LogP contribution >= 0.6 is 22.7 Å². The Hall–Kier alpha value is -2.89. The standard InChI is InChI=1S/C19H15FN4O3S3/c1-30(26,27)14-6-7-15-16(9-14)29-19(23-15)24-17(25)8-13-10-28-18(22-13)21-12-4-2-11(20)3-5-12/h2-7,9-10H,8H2,1H3,(H,21,22)(H,23,24,25). The van der Waals surface area contributed by atoms with Gasteiger partial charge in [0.05, 0.1) is 27.2 Å². The van der Waals surface area contributed by atoms with E-state index < -0.39 is 9.84 Å². The number of nitrogens with zero attached hydrogens (tertiary/aromatic N) is 2. The molecular weight excluding hydrogens is 447 g/mol. The van der Waals surface area contributed by atoms with Crippen LogP contribution < -0.4 is 10.6 Å². The number of halogens is 1. The molecule has 11 heteroatoms. The van der Waals surface area contributed by atoms with Gasteiger partial charge in [0.25, 0.3) is 0 Å². The number of carbonyl (C=O) groups excluding carboxylic acids is 1. The van der Waals surface area contributed by atoms with Gasteiger partial charge in [-0.3, -0.25) is 4.79 Å². The Morgan fingerprint density at radius 3 is 2.60 bits per heavy atom. The third kappa shape index (κ3) is 4.81. The zero-order valence-corrected chi connectivity index (χ0v) is 18.0. The number of fused-ring (bicyclic) bond motifs is 1. The fraction of sp³-hybridized carbons (Fsp3) is 0.105. The Kier molecular flexibility index (Phi) is 5.50. The number of thiazole rings is 2. The molecule has 0 saturated heterocycles. The van der Waals surface area contributed by atoms with Crippen LogP contribution in [0.5, 0.6) is 0 Å². The number of carbonyl (C=O) groups is 1. The summed E-state index contributed by atoms with van der Waals surface area (Å²) < 4.78 is 37.0. The van der Waals surface area contributed by atoms with Crippen molar-refractivity contribution >= 4 is 64.6 Å². The Bertz CT molecular complexity index is 1330. The Labute approximate surface area is 179 Å². The van der Waals surface area contributed by atoms with Crippen molar-refractivity contribution in [1.82, 2.24) is 9.97 Å². The molecule has 2 N–H and O–H groups in total. The molecule has 0 radical (unpaired) electrons. The lowest BCUT2D eigenvalue weighted by Crippen LogP contribution is -2.14. The first-order valence-electron chi connectivity index (χ1n) is 8.64. The molecule has 0 bridgehead atoms. The Balaban J connectivity index is 1.41. The molecule has 0 atom stereocenters. The molecule has 1 amide bonds. The highest BCUT2D eigenvalue weighted by Crippen LogP contribution is 2.28. The van der Waals surface area contributed by atoms with E-state index in [4.69, 9.17) is 0 Å². The second kappa shape index (κ2) is 8.09. The molecule has 4 aromatic rings. The van der Waals surface area contributed by atoms with Crippen molar-refractivity contribution in [2.24, 2.45) is 0 Å². The van der Waals surface area contributed by atoms with Crippen LogP contribution in [0, 0.1) is 5.82 Å². The van der Waals surface area contributed by atoms with Crippen LogP contribution in [0.3, 0.4) is 0 Å². The topological polar surface area (TPSA) is 101 Å². The summed E-state index contributed by atoms with van der Waals surface area (Å²) >= 11 is 2.54. The van der Waals surface area contributed by atoms with Gasteiger partial charge in [-0.05, 0) is 42.5 Å². The Morgan fingerprint density at radius 1 is 1.10 bits per heavy atom. The van der Waals surface area contributed by atoms with E-state index in [9.17, 15) is 17.6 Å². The summed E-state index contributed by atoms with van der Waals surface area (Å²) in [6.07, 6.45) is 1.21. The number of nitrogens with one attached hydrogen (secondary N) is 2. The first-order valence-corrected chi connectivity index (χ1v) is 12.2. The van der Waals surface area contributed by atoms with Gasteiger partial charge < -0.3 is 10.6 Å². The SMILES string of the molecule is CS(=O)(=O)c1ccc2nc(NC(=O)Cc3csc(Nc4ccc(F)cc4)n3)sc2c1. The van der Waals surface area contributed by atoms with Gasteiger partial charge in [0, 0.05) is 17.3 Å². The molecule has 2 aromatic heterocycles. The van der Waals surface area contributed by atoms with Gasteiger partial charge in [0.1, 0.15) is 5.82 Å². The highest BCUT2D eigenvalue weighted by atomic mass is 32.2. The lowest BCUT2D eigenvalue weighted by molar-refractivity contribution is -0.115. The third-order valence-electron chi connectivity index (χ3n) is 4.02. The summed E-state index contributed by atoms with van der Waals surface area (Å²) in [6.45, 7) is 0. The molecule has 7 nitrogen and oxygen atoms in total. The molecule has 0 saturated carbocycles. The number of rotatable bonds is 6. The van der Waals surface area contributed by atoms with Crippen molar-refractivity contribution in [2.45, 2.75) is 11.3 Å². The van der Waals surface area contributed by atoms with E-state index in [0.717, 1.165) is 6.26 Å². The molecule has 0 aliphatic heterocycles. The fourth-order valence-corrected chi connectivity index (χ4v) is 4.99. The number of amides is 1. The molecule has 0 fully saturated rings. The summed E-state index contributed by atoms with van der Waals surface area (Å²) in [4.78, 5) is 21.2. The van der Waals surface area contributed by atoms with E-state index in [2.05, 4.69) is 20.6 Å². The highest BCUT2D eigenvalue weighted by Gasteiger charge is 2.13. The van der Waals surface area contributed by atoms with Crippen molar-refractivity contribution in [3.8, 4) is 0 Å². The molecule has 0 spiro atoms. The summed E-state index contributed by atoms with van der Waals surface area (Å²) in [6, 6.07) is 10.6. The fourth-order valence-electron chi connectivity index (χ4n) is 2.62. The van der Waals surface area contributed by atoms with Gasteiger partial charge in [0.2, 0.25) is 5.91 Å². The number of benzene rings is 2. The maximum absolute atomic E-state index is 13.0. The van der Waals surface area contributed by atoms with Crippen LogP contribution in [-0.2, 0) is 21.1 Å². The predicted octanol–water partition coefficient (Wildman–Crippen LogP) is 4.22. The number of hydrogen-bond acceptors (Lipinski definition) is 8. The van der Waals surface area contributed by atoms with Gasteiger partial charge in [0.15, 0.2) is 20.1 Å². The highest BCUT2D eigenvalue weighted by molar-refractivity contribution is 7.90. The van der Waals surface area contributed by atoms with Crippen molar-refractivity contribution < 1.29 is 17.6 Å². The zero-order valence-electron chi connectivity index (χ0n) is 15.5. The summed E-state index contributed by atoms with van der Waals surface area (Å²) in [5.41, 5.74) is 1.90. The van der Waals surface area contributed by atoms with Crippen LogP contribution in [0.15, 0.2) is 52.7 Å². The minimum absolute atomic E-state index is 0.0616. The van der Waals surface area contributed by atoms with Crippen molar-refractivity contribution in [3.63, 3.8) is 0 Å². The first-order chi connectivity index (χ1) is 14.3. The normalized spacial score (nSPS) is 11.5. The second-order valence-corrected chi connectivity index (χ2v) is 10.3. The number of aromatic nitrogens is 2. The van der Waals surface area contributed by atoms with Gasteiger partial charge >= 0.3 is 0 Å². The third-order valence-corrected chi connectivity index (χ3v) is 6.87. The van der Waals surface area contributed by atoms with E-state index in [1.54, 1.807) is 29.6 Å². The maximum Gasteiger partial charge on any atom is 0.232 e. The van der Waals surface area contributed by atoms with Gasteiger partial charge in [-0.2, -0.15) is 0 Å². The van der Waals surface area contributed by atoms with Crippen molar-refractivity contribution in [3.05, 3.63) is 59.4 Å². The minimum atomic E-state index is -3.31. The van der Waals surface area contributed by atoms with E-state index in [1.165, 1.54) is 40.9 Å². The average molecular weight is 463 g/mol. The number of sulfone groups is 1. The van der Waals surface area contributed by atoms with Crippen LogP contribution in [0.4, 0.5) is 20.3 Å². The van der Waals surface area contributed by atoms with Crippen LogP contribution in [0.2, 0.25) is 0 Å². The second-order valence-electron chi connectivity index (χ2n) is 6.42. The molecule has 0 unspecified atom stereocenters. The van der Waals surface area contributed by atoms with E-state index in [-0.39, 0.29) is 23.0 Å². The predicted molar refractivity (Wildman–Crippen MR) is 117 cm³/mol. The maximum atomic E-state index is 13.0. The number of hydrogen-bond donors (Lipinski definition) is 2. The summed E-state index contributed by atoms with van der Waals surface area (Å²) in [5.74, 6) is -0.601. The molecule has 154 valence electrons. The van der Waals surface area contributed by atoms with E-state index in [1.807, 2.05) is 0 Å². The summed E-state index contributed by atoms with van der Waals surface area (Å²) in [7, 11) is -3.31. The van der Waals surface area contributed by atoms with Crippen molar-refractivity contribution in [1.29, 1.82) is 0 Å². The molecule has 2 heterocycles. The Morgan fingerprint density at radius 2 is 1.87 bits per heavy atom. The van der Waals surface area contributed by atoms with Gasteiger partial charge in [-0.1, -0.05) is 11.3 Å². The molecular formula is C19H15FN4O3S3. The molecule has 0 aliphatic rings. The molecule has 30 heavy (non-hydrogen) atoms. The quantitative estimate of drug-likeness (QED) is 0.445. The largest absolute Gasteiger partial charge is 0.332 e. The van der Waals surface area contributed by atoms with E-state index in [0.29, 0.717) is 31.9 Å². The van der Waals surface area contributed by atoms with Crippen molar-refractivity contribution in [2.75, 3.05) is 16.9 Å². The monoisotopic (exact) mass is 462 g/mol. The minimum Gasteiger partial charge on any atom is -0.332 e. The first kappa shape index (κ1) is 20.4. The molecule has 4 rings (SSSR count). The van der Waals surface area contributed by atoms with Crippen LogP contribution in [-0.4, -0.2) is 30.5 Å². The lowest BCUT2D eigenvalue weighted by Gasteiger charge is -2.01. The van der Waals surface area contributed by atoms with Crippen LogP contribution in [0.25, 0.3) is 10.2 Å². The average Bonchev–Trinajstić information content (AvgIpc) is 3.28.